The van der Waals surface area contributed by atoms with Crippen molar-refractivity contribution in [2.24, 2.45) is 0 Å². The van der Waals surface area contributed by atoms with Gasteiger partial charge in [-0.25, -0.2) is 9.59 Å². The van der Waals surface area contributed by atoms with Crippen LogP contribution in [-0.4, -0.2) is 37.4 Å². The van der Waals surface area contributed by atoms with Gasteiger partial charge in [-0.1, -0.05) is 61.7 Å². The summed E-state index contributed by atoms with van der Waals surface area (Å²) in [5, 5.41) is 0. The van der Waals surface area contributed by atoms with E-state index in [4.69, 9.17) is 18.9 Å². The van der Waals surface area contributed by atoms with Crippen LogP contribution < -0.4 is 9.47 Å². The van der Waals surface area contributed by atoms with Gasteiger partial charge < -0.3 is 18.9 Å². The molecule has 1 aliphatic rings. The first kappa shape index (κ1) is 27.7. The van der Waals surface area contributed by atoms with Crippen LogP contribution in [0.5, 0.6) is 11.5 Å². The summed E-state index contributed by atoms with van der Waals surface area (Å²) in [6, 6.07) is 24.9. The van der Waals surface area contributed by atoms with Crippen molar-refractivity contribution in [3.8, 4) is 11.5 Å². The summed E-state index contributed by atoms with van der Waals surface area (Å²) in [5.74, 6) is 0.476. The summed E-state index contributed by atoms with van der Waals surface area (Å²) in [5.41, 5.74) is 4.66. The lowest BCUT2D eigenvalue weighted by Gasteiger charge is -2.32. The quantitative estimate of drug-likeness (QED) is 0.214. The maximum atomic E-state index is 11.4. The summed E-state index contributed by atoms with van der Waals surface area (Å²) < 4.78 is 22.1. The zero-order valence-corrected chi connectivity index (χ0v) is 22.4. The van der Waals surface area contributed by atoms with Gasteiger partial charge in [0.1, 0.15) is 36.9 Å². The minimum Gasteiger partial charge on any atom is -0.490 e. The van der Waals surface area contributed by atoms with Crippen molar-refractivity contribution < 1.29 is 28.5 Å². The number of ether oxygens (including phenoxy) is 4. The molecule has 3 aromatic rings. The first-order valence-electron chi connectivity index (χ1n) is 13.1. The van der Waals surface area contributed by atoms with Crippen molar-refractivity contribution >= 4 is 11.9 Å². The number of carbonyl (C=O) groups excluding carboxylic acids is 2. The van der Waals surface area contributed by atoms with Crippen LogP contribution >= 0.6 is 0 Å². The molecule has 0 saturated carbocycles. The van der Waals surface area contributed by atoms with Crippen molar-refractivity contribution in [2.45, 2.75) is 44.3 Å². The molecule has 202 valence electrons. The van der Waals surface area contributed by atoms with E-state index < -0.39 is 11.9 Å². The second kappa shape index (κ2) is 12.5. The minimum absolute atomic E-state index is 0.250. The summed E-state index contributed by atoms with van der Waals surface area (Å²) in [6.45, 7) is 10.9. The van der Waals surface area contributed by atoms with E-state index in [0.29, 0.717) is 11.5 Å². The number of aryl methyl sites for hydroxylation is 1. The maximum Gasteiger partial charge on any atom is 0.330 e. The Balaban J connectivity index is 1.54. The molecular formula is C33H34O6. The van der Waals surface area contributed by atoms with Gasteiger partial charge in [0.25, 0.3) is 0 Å². The molecule has 0 bridgehead atoms. The van der Waals surface area contributed by atoms with Gasteiger partial charge in [0, 0.05) is 17.6 Å². The Labute approximate surface area is 229 Å². The van der Waals surface area contributed by atoms with Crippen LogP contribution in [0.1, 0.15) is 42.5 Å². The van der Waals surface area contributed by atoms with Crippen molar-refractivity contribution in [3.63, 3.8) is 0 Å². The predicted octanol–water partition coefficient (Wildman–Crippen LogP) is 5.96. The molecule has 0 heterocycles. The van der Waals surface area contributed by atoms with E-state index in [0.717, 1.165) is 25.0 Å². The first-order valence-corrected chi connectivity index (χ1v) is 13.1. The number of fused-ring (bicyclic) bond motifs is 1. The van der Waals surface area contributed by atoms with Crippen LogP contribution in [0.15, 0.2) is 98.1 Å². The fraction of sp³-hybridized carbons (Fsp3) is 0.273. The molecule has 0 spiro atoms. The minimum atomic E-state index is -0.467. The largest absolute Gasteiger partial charge is 0.490 e. The van der Waals surface area contributed by atoms with Gasteiger partial charge in [-0.15, -0.1) is 0 Å². The summed E-state index contributed by atoms with van der Waals surface area (Å²) in [7, 11) is 0. The predicted molar refractivity (Wildman–Crippen MR) is 150 cm³/mol. The Bertz CT molecular complexity index is 1230. The van der Waals surface area contributed by atoms with E-state index in [9.17, 15) is 9.59 Å². The second-order valence-corrected chi connectivity index (χ2v) is 9.64. The highest BCUT2D eigenvalue weighted by atomic mass is 16.6. The average Bonchev–Trinajstić information content (AvgIpc) is 3.36. The normalized spacial score (nSPS) is 17.3. The SMILES string of the molecule is C=CC(=O)OC(C)COc1ccc(C2(c3ccc(OCC(C)OC(=O)C=C)cc3)CCc3ccccc32)cc1. The highest BCUT2D eigenvalue weighted by Crippen LogP contribution is 2.49. The number of carbonyl (C=O) groups is 2. The van der Waals surface area contributed by atoms with Crippen molar-refractivity contribution in [1.29, 1.82) is 0 Å². The van der Waals surface area contributed by atoms with Gasteiger partial charge in [0.05, 0.1) is 0 Å². The van der Waals surface area contributed by atoms with Crippen molar-refractivity contribution in [3.05, 3.63) is 120 Å². The summed E-state index contributed by atoms with van der Waals surface area (Å²) in [6.07, 6.45) is 3.43. The number of hydrogen-bond acceptors (Lipinski definition) is 6. The molecule has 39 heavy (non-hydrogen) atoms. The van der Waals surface area contributed by atoms with Crippen molar-refractivity contribution in [2.75, 3.05) is 13.2 Å². The summed E-state index contributed by atoms with van der Waals surface area (Å²) in [4.78, 5) is 22.8. The lowest BCUT2D eigenvalue weighted by atomic mass is 9.70. The van der Waals surface area contributed by atoms with E-state index in [2.05, 4.69) is 61.7 Å². The smallest absolute Gasteiger partial charge is 0.330 e. The van der Waals surface area contributed by atoms with Gasteiger partial charge in [0.15, 0.2) is 0 Å². The molecule has 2 unspecified atom stereocenters. The first-order chi connectivity index (χ1) is 18.8. The standard InChI is InChI=1S/C33H34O6/c1-5-31(34)38-23(3)21-36-28-15-11-26(12-16-28)33(20-19-25-9-7-8-10-30(25)33)27-13-17-29(18-14-27)37-22-24(4)39-32(35)6-2/h5-18,23-24H,1-2,19-22H2,3-4H3. The molecule has 4 rings (SSSR count). The van der Waals surface area contributed by atoms with E-state index >= 15 is 0 Å². The van der Waals surface area contributed by atoms with Crippen LogP contribution in [0.4, 0.5) is 0 Å². The van der Waals surface area contributed by atoms with Crippen LogP contribution in [0, 0.1) is 0 Å². The molecule has 0 radical (unpaired) electrons. The highest BCUT2D eigenvalue weighted by molar-refractivity contribution is 5.81. The average molecular weight is 527 g/mol. The number of rotatable bonds is 12. The number of benzene rings is 3. The number of esters is 2. The fourth-order valence-corrected chi connectivity index (χ4v) is 5.04. The molecule has 6 nitrogen and oxygen atoms in total. The molecule has 3 aromatic carbocycles. The third-order valence-electron chi connectivity index (χ3n) is 6.88. The van der Waals surface area contributed by atoms with Crippen molar-refractivity contribution in [1.82, 2.24) is 0 Å². The molecule has 0 N–H and O–H groups in total. The molecule has 0 fully saturated rings. The van der Waals surface area contributed by atoms with Crippen LogP contribution in [0.3, 0.4) is 0 Å². The molecule has 0 amide bonds. The Kier molecular flexibility index (Phi) is 8.87. The van der Waals surface area contributed by atoms with E-state index in [1.54, 1.807) is 13.8 Å². The molecular weight excluding hydrogens is 492 g/mol. The second-order valence-electron chi connectivity index (χ2n) is 9.64. The van der Waals surface area contributed by atoms with Gasteiger partial charge in [-0.05, 0) is 73.2 Å². The van der Waals surface area contributed by atoms with Crippen LogP contribution in [-0.2, 0) is 30.9 Å². The topological polar surface area (TPSA) is 71.1 Å². The Morgan fingerprint density at radius 2 is 1.23 bits per heavy atom. The molecule has 2 atom stereocenters. The lowest BCUT2D eigenvalue weighted by Crippen LogP contribution is -2.26. The zero-order valence-electron chi connectivity index (χ0n) is 22.4. The van der Waals surface area contributed by atoms with Gasteiger partial charge in [-0.2, -0.15) is 0 Å². The van der Waals surface area contributed by atoms with E-state index in [1.807, 2.05) is 24.3 Å². The zero-order chi connectivity index (χ0) is 27.8. The molecule has 0 saturated heterocycles. The third-order valence-corrected chi connectivity index (χ3v) is 6.88. The molecule has 6 heteroatoms. The van der Waals surface area contributed by atoms with E-state index in [1.165, 1.54) is 22.3 Å². The maximum absolute atomic E-state index is 11.4. The lowest BCUT2D eigenvalue weighted by molar-refractivity contribution is -0.144. The monoisotopic (exact) mass is 526 g/mol. The van der Waals surface area contributed by atoms with Crippen LogP contribution in [0.25, 0.3) is 0 Å². The Morgan fingerprint density at radius 1 is 0.769 bits per heavy atom. The molecule has 1 aliphatic carbocycles. The van der Waals surface area contributed by atoms with Gasteiger partial charge in [-0.3, -0.25) is 0 Å². The van der Waals surface area contributed by atoms with Gasteiger partial charge in [0.2, 0.25) is 0 Å². The molecule has 0 aromatic heterocycles. The van der Waals surface area contributed by atoms with Gasteiger partial charge >= 0.3 is 11.9 Å². The van der Waals surface area contributed by atoms with E-state index in [-0.39, 0.29) is 30.8 Å². The highest BCUT2D eigenvalue weighted by Gasteiger charge is 2.41. The third kappa shape index (κ3) is 6.40. The fourth-order valence-electron chi connectivity index (χ4n) is 5.04. The van der Waals surface area contributed by atoms with Crippen LogP contribution in [0.2, 0.25) is 0 Å². The molecule has 0 aliphatic heterocycles. The number of hydrogen-bond donors (Lipinski definition) is 0. The Morgan fingerprint density at radius 3 is 1.69 bits per heavy atom. The summed E-state index contributed by atoms with van der Waals surface area (Å²) >= 11 is 0. The Hall–Kier alpha value is -4.32.